The van der Waals surface area contributed by atoms with Gasteiger partial charge in [0.1, 0.15) is 10.6 Å². The Kier molecular flexibility index (Phi) is 6.93. The molecule has 0 spiro atoms. The summed E-state index contributed by atoms with van der Waals surface area (Å²) in [6.45, 7) is 2.03. The highest BCUT2D eigenvalue weighted by atomic mass is 35.5. The number of sulfonamides is 1. The van der Waals surface area contributed by atoms with Gasteiger partial charge in [0.15, 0.2) is 6.61 Å². The summed E-state index contributed by atoms with van der Waals surface area (Å²) >= 11 is 5.99. The summed E-state index contributed by atoms with van der Waals surface area (Å²) in [6.07, 6.45) is 1.94. The molecule has 1 aromatic rings. The number of ether oxygens (including phenoxy) is 3. The van der Waals surface area contributed by atoms with Crippen LogP contribution in [0.2, 0.25) is 5.02 Å². The van der Waals surface area contributed by atoms with Crippen LogP contribution in [0.3, 0.4) is 0 Å². The summed E-state index contributed by atoms with van der Waals surface area (Å²) < 4.78 is 43.3. The van der Waals surface area contributed by atoms with Gasteiger partial charge < -0.3 is 19.5 Å². The molecule has 0 radical (unpaired) electrons. The molecule has 1 atom stereocenters. The molecule has 27 heavy (non-hydrogen) atoms. The van der Waals surface area contributed by atoms with Gasteiger partial charge in [-0.05, 0) is 31.0 Å². The third kappa shape index (κ3) is 5.32. The predicted molar refractivity (Wildman–Crippen MR) is 98.5 cm³/mol. The largest absolute Gasteiger partial charge is 0.482 e. The minimum absolute atomic E-state index is 0.0294. The minimum Gasteiger partial charge on any atom is -0.482 e. The molecular formula is C17H23ClN2O6S. The van der Waals surface area contributed by atoms with Crippen molar-refractivity contribution in [1.82, 2.24) is 9.62 Å². The molecule has 0 aromatic heterocycles. The molecule has 0 aliphatic carbocycles. The molecular weight excluding hydrogens is 396 g/mol. The number of nitrogens with zero attached hydrogens (tertiary/aromatic N) is 1. The first-order valence-corrected chi connectivity index (χ1v) is 10.7. The average molecular weight is 419 g/mol. The molecule has 0 saturated carbocycles. The monoisotopic (exact) mass is 418 g/mol. The standard InChI is InChI=1S/C17H23ClN2O6S/c18-13-3-4-15(26-12-17(21)19-11-14-2-1-7-25-14)16(10-13)27(22,23)20-5-8-24-9-6-20/h3-4,10,14H,1-2,5-9,11-12H2,(H,19,21). The lowest BCUT2D eigenvalue weighted by Crippen LogP contribution is -2.40. The fourth-order valence-corrected chi connectivity index (χ4v) is 4.76. The van der Waals surface area contributed by atoms with Crippen molar-refractivity contribution in [3.05, 3.63) is 23.2 Å². The van der Waals surface area contributed by atoms with Crippen LogP contribution in [0, 0.1) is 0 Å². The Morgan fingerprint density at radius 3 is 2.78 bits per heavy atom. The number of amides is 1. The topological polar surface area (TPSA) is 94.2 Å². The predicted octanol–water partition coefficient (Wildman–Crippen LogP) is 1.03. The van der Waals surface area contributed by atoms with Gasteiger partial charge in [-0.25, -0.2) is 8.42 Å². The number of carbonyl (C=O) groups excluding carboxylic acids is 1. The third-order valence-corrected chi connectivity index (χ3v) is 6.56. The number of benzene rings is 1. The summed E-state index contributed by atoms with van der Waals surface area (Å²) in [5.74, 6) is -0.242. The van der Waals surface area contributed by atoms with Crippen LogP contribution in [0.25, 0.3) is 0 Å². The number of morpholine rings is 1. The van der Waals surface area contributed by atoms with E-state index in [1.807, 2.05) is 0 Å². The normalized spacial score (nSPS) is 21.1. The Morgan fingerprint density at radius 1 is 1.30 bits per heavy atom. The van der Waals surface area contributed by atoms with Crippen molar-refractivity contribution in [2.45, 2.75) is 23.8 Å². The van der Waals surface area contributed by atoms with Crippen molar-refractivity contribution in [1.29, 1.82) is 0 Å². The molecule has 2 aliphatic rings. The smallest absolute Gasteiger partial charge is 0.258 e. The van der Waals surface area contributed by atoms with E-state index in [9.17, 15) is 13.2 Å². The van der Waals surface area contributed by atoms with Crippen molar-refractivity contribution in [2.75, 3.05) is 46.1 Å². The lowest BCUT2D eigenvalue weighted by Gasteiger charge is -2.26. The Bertz CT molecular complexity index is 761. The Morgan fingerprint density at radius 2 is 2.07 bits per heavy atom. The molecule has 1 N–H and O–H groups in total. The average Bonchev–Trinajstić information content (AvgIpc) is 3.19. The van der Waals surface area contributed by atoms with Crippen LogP contribution in [-0.4, -0.2) is 70.8 Å². The highest BCUT2D eigenvalue weighted by Gasteiger charge is 2.30. The van der Waals surface area contributed by atoms with E-state index < -0.39 is 10.0 Å². The van der Waals surface area contributed by atoms with E-state index >= 15 is 0 Å². The molecule has 0 bridgehead atoms. The third-order valence-electron chi connectivity index (χ3n) is 4.40. The van der Waals surface area contributed by atoms with Crippen LogP contribution >= 0.6 is 11.6 Å². The SMILES string of the molecule is O=C(COc1ccc(Cl)cc1S(=O)(=O)N1CCOCC1)NCC1CCCO1. The zero-order chi connectivity index (χ0) is 19.3. The van der Waals surface area contributed by atoms with Crippen LogP contribution in [-0.2, 0) is 24.3 Å². The number of hydrogen-bond donors (Lipinski definition) is 1. The first-order valence-electron chi connectivity index (χ1n) is 8.85. The quantitative estimate of drug-likeness (QED) is 0.710. The first kappa shape index (κ1) is 20.3. The Labute approximate surface area is 163 Å². The van der Waals surface area contributed by atoms with Gasteiger partial charge in [-0.15, -0.1) is 0 Å². The Hall–Kier alpha value is -1.39. The van der Waals surface area contributed by atoms with Gasteiger partial charge in [-0.3, -0.25) is 4.79 Å². The number of hydrogen-bond acceptors (Lipinski definition) is 6. The van der Waals surface area contributed by atoms with E-state index in [0.717, 1.165) is 12.8 Å². The van der Waals surface area contributed by atoms with Crippen molar-refractivity contribution >= 4 is 27.5 Å². The van der Waals surface area contributed by atoms with Crippen LogP contribution in [0.5, 0.6) is 5.75 Å². The van der Waals surface area contributed by atoms with Crippen molar-refractivity contribution < 1.29 is 27.4 Å². The molecule has 3 rings (SSSR count). The van der Waals surface area contributed by atoms with Crippen molar-refractivity contribution in [3.8, 4) is 5.75 Å². The molecule has 2 aliphatic heterocycles. The van der Waals surface area contributed by atoms with E-state index in [0.29, 0.717) is 26.4 Å². The van der Waals surface area contributed by atoms with Crippen LogP contribution in [0.1, 0.15) is 12.8 Å². The molecule has 2 fully saturated rings. The molecule has 150 valence electrons. The Balaban J connectivity index is 1.65. The lowest BCUT2D eigenvalue weighted by atomic mass is 10.2. The van der Waals surface area contributed by atoms with E-state index in [1.165, 1.54) is 22.5 Å². The first-order chi connectivity index (χ1) is 13.0. The number of rotatable bonds is 7. The van der Waals surface area contributed by atoms with E-state index in [1.54, 1.807) is 0 Å². The molecule has 1 unspecified atom stereocenters. The zero-order valence-electron chi connectivity index (χ0n) is 14.9. The zero-order valence-corrected chi connectivity index (χ0v) is 16.4. The summed E-state index contributed by atoms with van der Waals surface area (Å²) in [5, 5.41) is 3.01. The summed E-state index contributed by atoms with van der Waals surface area (Å²) in [5.41, 5.74) is 0. The highest BCUT2D eigenvalue weighted by molar-refractivity contribution is 7.89. The van der Waals surface area contributed by atoms with Crippen molar-refractivity contribution in [2.24, 2.45) is 0 Å². The van der Waals surface area contributed by atoms with Crippen LogP contribution in [0.4, 0.5) is 0 Å². The van der Waals surface area contributed by atoms with E-state index in [4.69, 9.17) is 25.8 Å². The molecule has 2 saturated heterocycles. The fraction of sp³-hybridized carbons (Fsp3) is 0.588. The maximum absolute atomic E-state index is 12.9. The van der Waals surface area contributed by atoms with Gasteiger partial charge in [-0.1, -0.05) is 11.6 Å². The summed E-state index contributed by atoms with van der Waals surface area (Å²) in [4.78, 5) is 12.0. The highest BCUT2D eigenvalue weighted by Crippen LogP contribution is 2.30. The molecule has 1 amide bonds. The van der Waals surface area contributed by atoms with Gasteiger partial charge in [0.25, 0.3) is 5.91 Å². The number of carbonyl (C=O) groups is 1. The second kappa shape index (κ2) is 9.20. The van der Waals surface area contributed by atoms with Gasteiger partial charge in [0, 0.05) is 31.3 Å². The second-order valence-corrected chi connectivity index (χ2v) is 8.68. The van der Waals surface area contributed by atoms with Gasteiger partial charge in [0.05, 0.1) is 19.3 Å². The molecule has 10 heteroatoms. The van der Waals surface area contributed by atoms with Crippen molar-refractivity contribution in [3.63, 3.8) is 0 Å². The molecule has 8 nitrogen and oxygen atoms in total. The summed E-state index contributed by atoms with van der Waals surface area (Å²) in [7, 11) is -3.80. The molecule has 2 heterocycles. The van der Waals surface area contributed by atoms with Gasteiger partial charge >= 0.3 is 0 Å². The number of nitrogens with one attached hydrogen (secondary N) is 1. The second-order valence-electron chi connectivity index (χ2n) is 6.34. The lowest BCUT2D eigenvalue weighted by molar-refractivity contribution is -0.123. The fourth-order valence-electron chi connectivity index (χ4n) is 2.96. The maximum Gasteiger partial charge on any atom is 0.258 e. The number of halogens is 1. The minimum atomic E-state index is -3.80. The van der Waals surface area contributed by atoms with Gasteiger partial charge in [0.2, 0.25) is 10.0 Å². The summed E-state index contributed by atoms with van der Waals surface area (Å²) in [6, 6.07) is 4.33. The van der Waals surface area contributed by atoms with Crippen LogP contribution < -0.4 is 10.1 Å². The van der Waals surface area contributed by atoms with Gasteiger partial charge in [-0.2, -0.15) is 4.31 Å². The van der Waals surface area contributed by atoms with E-state index in [2.05, 4.69) is 5.32 Å². The molecule has 1 aromatic carbocycles. The van der Waals surface area contributed by atoms with E-state index in [-0.39, 0.29) is 47.4 Å². The maximum atomic E-state index is 12.9. The van der Waals surface area contributed by atoms with Crippen LogP contribution in [0.15, 0.2) is 23.1 Å².